The molecular weight excluding hydrogens is 510 g/mol. The highest BCUT2D eigenvalue weighted by Gasteiger charge is 2.26. The maximum absolute atomic E-state index is 14.1. The first-order chi connectivity index (χ1) is 18.1. The van der Waals surface area contributed by atoms with Gasteiger partial charge in [-0.15, -0.1) is 11.8 Å². The topological polar surface area (TPSA) is 73.4 Å². The highest BCUT2D eigenvalue weighted by atomic mass is 32.2. The smallest absolute Gasteiger partial charge is 0.260 e. The quantitative estimate of drug-likeness (QED) is 0.288. The van der Waals surface area contributed by atoms with Crippen molar-refractivity contribution in [3.05, 3.63) is 35.9 Å². The zero-order chi connectivity index (χ0) is 26.2. The van der Waals surface area contributed by atoms with E-state index >= 15 is 0 Å². The maximum atomic E-state index is 14.1. The van der Waals surface area contributed by atoms with Gasteiger partial charge in [0.05, 0.1) is 43.3 Å². The van der Waals surface area contributed by atoms with Crippen LogP contribution >= 0.6 is 23.1 Å². The third-order valence-electron chi connectivity index (χ3n) is 5.97. The maximum Gasteiger partial charge on any atom is 0.260 e. The fraction of sp³-hybridized carbons (Fsp3) is 0.481. The average Bonchev–Trinajstić information content (AvgIpc) is 3.35. The number of anilines is 1. The largest absolute Gasteiger partial charge is 0.490 e. The molecule has 0 N–H and O–H groups in total. The summed E-state index contributed by atoms with van der Waals surface area (Å²) in [6.07, 6.45) is 2.04. The van der Waals surface area contributed by atoms with E-state index in [-0.39, 0.29) is 5.91 Å². The summed E-state index contributed by atoms with van der Waals surface area (Å²) in [6, 6.07) is 9.65. The van der Waals surface area contributed by atoms with Crippen LogP contribution in [0.15, 0.2) is 35.2 Å². The van der Waals surface area contributed by atoms with E-state index in [0.717, 1.165) is 34.7 Å². The Morgan fingerprint density at radius 3 is 2.38 bits per heavy atom. The van der Waals surface area contributed by atoms with Crippen LogP contribution < -0.4 is 19.1 Å². The Balaban J connectivity index is 1.74. The number of para-hydroxylation sites is 1. The summed E-state index contributed by atoms with van der Waals surface area (Å²) in [5, 5.41) is 0.680. The second-order valence-corrected chi connectivity index (χ2v) is 10.2. The first-order valence-corrected chi connectivity index (χ1v) is 14.8. The van der Waals surface area contributed by atoms with Gasteiger partial charge >= 0.3 is 0 Å². The molecule has 1 fully saturated rings. The van der Waals surface area contributed by atoms with Gasteiger partial charge in [0, 0.05) is 36.6 Å². The van der Waals surface area contributed by atoms with Crippen LogP contribution in [0.25, 0.3) is 10.2 Å². The van der Waals surface area contributed by atoms with Crippen LogP contribution in [-0.4, -0.2) is 81.3 Å². The molecule has 0 aliphatic carbocycles. The summed E-state index contributed by atoms with van der Waals surface area (Å²) in [6.45, 7) is 11.4. The molecule has 3 aromatic rings. The number of carbonyl (C=O) groups is 1. The van der Waals surface area contributed by atoms with E-state index in [4.69, 9.17) is 23.9 Å². The number of fused-ring (bicyclic) bond motifs is 1. The predicted molar refractivity (Wildman–Crippen MR) is 150 cm³/mol. The summed E-state index contributed by atoms with van der Waals surface area (Å²) in [7, 11) is 0. The van der Waals surface area contributed by atoms with Crippen LogP contribution in [-0.2, 0) is 4.74 Å². The lowest BCUT2D eigenvalue weighted by Crippen LogP contribution is -2.43. The standard InChI is InChI=1S/C27H35N3O5S2/c1-5-33-20-17-19(18-21(34-6-2)25(20)35-7-3)26(31)30(12-11-29-13-15-32-16-14-29)27-28-24-22(36-4)9-8-10-23(24)37-27/h8-10,17-18H,5-7,11-16H2,1-4H3. The van der Waals surface area contributed by atoms with Crippen molar-refractivity contribution in [3.8, 4) is 17.2 Å². The van der Waals surface area contributed by atoms with Gasteiger partial charge in [0.2, 0.25) is 5.75 Å². The minimum absolute atomic E-state index is 0.150. The number of nitrogens with zero attached hydrogens (tertiary/aromatic N) is 3. The number of morpholine rings is 1. The summed E-state index contributed by atoms with van der Waals surface area (Å²) in [4.78, 5) is 24.3. The molecule has 0 radical (unpaired) electrons. The molecule has 0 unspecified atom stereocenters. The van der Waals surface area contributed by atoms with E-state index in [0.29, 0.717) is 67.5 Å². The van der Waals surface area contributed by atoms with Crippen LogP contribution in [0.5, 0.6) is 17.2 Å². The summed E-state index contributed by atoms with van der Waals surface area (Å²) < 4.78 is 24.1. The van der Waals surface area contributed by atoms with Crippen molar-refractivity contribution in [2.45, 2.75) is 25.7 Å². The van der Waals surface area contributed by atoms with Crippen LogP contribution in [0, 0.1) is 0 Å². The molecule has 200 valence electrons. The first kappa shape index (κ1) is 27.5. The van der Waals surface area contributed by atoms with Gasteiger partial charge in [-0.1, -0.05) is 17.4 Å². The average molecular weight is 546 g/mol. The Morgan fingerprint density at radius 2 is 1.76 bits per heavy atom. The summed E-state index contributed by atoms with van der Waals surface area (Å²) in [5.41, 5.74) is 1.40. The molecule has 8 nitrogen and oxygen atoms in total. The van der Waals surface area contributed by atoms with E-state index in [1.165, 1.54) is 11.3 Å². The SMILES string of the molecule is CCOc1cc(C(=O)N(CCN2CCOCC2)c2nc3c(SC)cccc3s2)cc(OCC)c1OCC. The van der Waals surface area contributed by atoms with Crippen LogP contribution in [0.3, 0.4) is 0 Å². The van der Waals surface area contributed by atoms with Gasteiger partial charge in [0.15, 0.2) is 16.6 Å². The molecule has 10 heteroatoms. The van der Waals surface area contributed by atoms with E-state index in [9.17, 15) is 4.79 Å². The predicted octanol–water partition coefficient (Wildman–Crippen LogP) is 5.19. The normalized spacial score (nSPS) is 14.1. The Hall–Kier alpha value is -2.53. The summed E-state index contributed by atoms with van der Waals surface area (Å²) in [5.74, 6) is 1.37. The minimum Gasteiger partial charge on any atom is -0.490 e. The van der Waals surface area contributed by atoms with Gasteiger partial charge < -0.3 is 18.9 Å². The molecule has 37 heavy (non-hydrogen) atoms. The Kier molecular flexibility index (Phi) is 9.90. The second-order valence-electron chi connectivity index (χ2n) is 8.31. The van der Waals surface area contributed by atoms with Crippen molar-refractivity contribution in [2.24, 2.45) is 0 Å². The van der Waals surface area contributed by atoms with Gasteiger partial charge in [-0.2, -0.15) is 0 Å². The Labute approximate surface area is 226 Å². The number of aromatic nitrogens is 1. The van der Waals surface area contributed by atoms with E-state index in [1.54, 1.807) is 28.8 Å². The van der Waals surface area contributed by atoms with Crippen LogP contribution in [0.4, 0.5) is 5.13 Å². The van der Waals surface area contributed by atoms with Gasteiger partial charge in [0.25, 0.3) is 5.91 Å². The Morgan fingerprint density at radius 1 is 1.08 bits per heavy atom. The number of benzene rings is 2. The molecule has 4 rings (SSSR count). The second kappa shape index (κ2) is 13.3. The molecule has 2 heterocycles. The molecule has 1 aromatic heterocycles. The third-order valence-corrected chi connectivity index (χ3v) is 7.78. The zero-order valence-electron chi connectivity index (χ0n) is 22.0. The molecule has 1 amide bonds. The fourth-order valence-corrected chi connectivity index (χ4v) is 5.86. The van der Waals surface area contributed by atoms with Gasteiger partial charge in [-0.25, -0.2) is 4.98 Å². The molecule has 0 atom stereocenters. The van der Waals surface area contributed by atoms with E-state index < -0.39 is 0 Å². The summed E-state index contributed by atoms with van der Waals surface area (Å²) >= 11 is 3.19. The van der Waals surface area contributed by atoms with Crippen molar-refractivity contribution < 1.29 is 23.7 Å². The van der Waals surface area contributed by atoms with E-state index in [2.05, 4.69) is 17.0 Å². The third kappa shape index (κ3) is 6.49. The van der Waals surface area contributed by atoms with Crippen LogP contribution in [0.1, 0.15) is 31.1 Å². The van der Waals surface area contributed by atoms with Crippen molar-refractivity contribution in [3.63, 3.8) is 0 Å². The number of thioether (sulfide) groups is 1. The van der Waals surface area contributed by atoms with Crippen LogP contribution in [0.2, 0.25) is 0 Å². The van der Waals surface area contributed by atoms with Crippen molar-refractivity contribution in [1.82, 2.24) is 9.88 Å². The van der Waals surface area contributed by atoms with Crippen molar-refractivity contribution in [1.29, 1.82) is 0 Å². The number of carbonyl (C=O) groups excluding carboxylic acids is 1. The van der Waals surface area contributed by atoms with E-state index in [1.807, 2.05) is 33.1 Å². The number of hydrogen-bond donors (Lipinski definition) is 0. The van der Waals surface area contributed by atoms with Gasteiger partial charge in [0.1, 0.15) is 0 Å². The highest BCUT2D eigenvalue weighted by Crippen LogP contribution is 2.40. The highest BCUT2D eigenvalue weighted by molar-refractivity contribution is 7.98. The fourth-order valence-electron chi connectivity index (χ4n) is 4.21. The molecule has 0 saturated carbocycles. The van der Waals surface area contributed by atoms with Gasteiger partial charge in [-0.3, -0.25) is 14.6 Å². The number of hydrogen-bond acceptors (Lipinski definition) is 9. The number of thiazole rings is 1. The van der Waals surface area contributed by atoms with Gasteiger partial charge in [-0.05, 0) is 51.3 Å². The number of amides is 1. The van der Waals surface area contributed by atoms with Crippen molar-refractivity contribution in [2.75, 3.05) is 70.4 Å². The number of rotatable bonds is 12. The van der Waals surface area contributed by atoms with Crippen molar-refractivity contribution >= 4 is 44.4 Å². The molecular formula is C27H35N3O5S2. The monoisotopic (exact) mass is 545 g/mol. The Bertz CT molecular complexity index is 1170. The lowest BCUT2D eigenvalue weighted by atomic mass is 10.1. The lowest BCUT2D eigenvalue weighted by molar-refractivity contribution is 0.0391. The lowest BCUT2D eigenvalue weighted by Gasteiger charge is -2.29. The first-order valence-electron chi connectivity index (χ1n) is 12.7. The molecule has 1 aliphatic heterocycles. The molecule has 2 aromatic carbocycles. The number of ether oxygens (including phenoxy) is 4. The molecule has 0 spiro atoms. The zero-order valence-corrected chi connectivity index (χ0v) is 23.6. The minimum atomic E-state index is -0.150. The molecule has 0 bridgehead atoms. The molecule has 1 aliphatic rings. The molecule has 1 saturated heterocycles.